The van der Waals surface area contributed by atoms with Crippen LogP contribution in [0.3, 0.4) is 0 Å². The number of aromatic nitrogens is 1. The quantitative estimate of drug-likeness (QED) is 0.898. The molecule has 24 heavy (non-hydrogen) atoms. The van der Waals surface area contributed by atoms with Crippen molar-refractivity contribution in [1.29, 1.82) is 5.26 Å². The molecule has 1 aliphatic rings. The van der Waals surface area contributed by atoms with Gasteiger partial charge in [0.25, 0.3) is 5.91 Å². The van der Waals surface area contributed by atoms with E-state index in [0.717, 1.165) is 25.9 Å². The smallest absolute Gasteiger partial charge is 0.254 e. The molecule has 1 aliphatic heterocycles. The minimum absolute atomic E-state index is 0.0811. The van der Waals surface area contributed by atoms with E-state index in [1.807, 2.05) is 25.3 Å². The van der Waals surface area contributed by atoms with Crippen molar-refractivity contribution in [2.24, 2.45) is 0 Å². The maximum atomic E-state index is 12.4. The van der Waals surface area contributed by atoms with Gasteiger partial charge in [-0.1, -0.05) is 0 Å². The van der Waals surface area contributed by atoms with Crippen molar-refractivity contribution in [3.63, 3.8) is 0 Å². The zero-order chi connectivity index (χ0) is 17.7. The molecule has 2 atom stereocenters. The van der Waals surface area contributed by atoms with Crippen LogP contribution in [0.2, 0.25) is 0 Å². The maximum absolute atomic E-state index is 12.4. The normalized spacial score (nSPS) is 19.5. The van der Waals surface area contributed by atoms with Crippen LogP contribution < -0.4 is 5.32 Å². The lowest BCUT2D eigenvalue weighted by atomic mass is 10.1. The molecule has 0 saturated carbocycles. The summed E-state index contributed by atoms with van der Waals surface area (Å²) in [6.45, 7) is 8.98. The molecule has 0 aliphatic carbocycles. The number of nitrogens with one attached hydrogen (secondary N) is 1. The largest absolute Gasteiger partial charge is 0.376 e. The number of hydrogen-bond donors (Lipinski definition) is 1. The zero-order valence-corrected chi connectivity index (χ0v) is 15.0. The molecule has 0 unspecified atom stereocenters. The van der Waals surface area contributed by atoms with Gasteiger partial charge in [-0.3, -0.25) is 4.79 Å². The van der Waals surface area contributed by atoms with Gasteiger partial charge in [-0.15, -0.1) is 0 Å². The van der Waals surface area contributed by atoms with Crippen LogP contribution in [0.25, 0.3) is 0 Å². The van der Waals surface area contributed by atoms with Crippen LogP contribution in [0, 0.1) is 11.3 Å². The number of nitriles is 1. The van der Waals surface area contributed by atoms with Crippen LogP contribution in [-0.4, -0.2) is 35.9 Å². The van der Waals surface area contributed by atoms with E-state index >= 15 is 0 Å². The third-order valence-corrected chi connectivity index (χ3v) is 4.10. The van der Waals surface area contributed by atoms with E-state index in [0.29, 0.717) is 18.0 Å². The van der Waals surface area contributed by atoms with E-state index in [-0.39, 0.29) is 17.6 Å². The van der Waals surface area contributed by atoms with E-state index in [1.54, 1.807) is 19.2 Å². The van der Waals surface area contributed by atoms with Gasteiger partial charge >= 0.3 is 0 Å². The van der Waals surface area contributed by atoms with Crippen molar-refractivity contribution in [2.75, 3.05) is 18.5 Å². The lowest BCUT2D eigenvalue weighted by Crippen LogP contribution is -2.34. The highest BCUT2D eigenvalue weighted by Gasteiger charge is 2.22. The molecule has 0 bridgehead atoms. The second kappa shape index (κ2) is 7.82. The molecule has 1 aromatic rings. The Kier molecular flexibility index (Phi) is 6.03. The van der Waals surface area contributed by atoms with Crippen molar-refractivity contribution < 1.29 is 14.3 Å². The summed E-state index contributed by atoms with van der Waals surface area (Å²) in [6.07, 6.45) is 4.47. The van der Waals surface area contributed by atoms with E-state index in [2.05, 4.69) is 11.4 Å². The molecular weight excluding hydrogens is 306 g/mol. The Balaban J connectivity index is 1.96. The first-order valence-corrected chi connectivity index (χ1v) is 8.48. The van der Waals surface area contributed by atoms with Crippen molar-refractivity contribution in [3.05, 3.63) is 17.8 Å². The van der Waals surface area contributed by atoms with Crippen LogP contribution in [-0.2, 0) is 19.8 Å². The molecule has 1 aromatic heterocycles. The summed E-state index contributed by atoms with van der Waals surface area (Å²) in [7, 11) is 0. The summed E-state index contributed by atoms with van der Waals surface area (Å²) in [5.41, 5.74) is 0.280. The van der Waals surface area contributed by atoms with Crippen LogP contribution in [0.4, 0.5) is 5.82 Å². The molecule has 1 amide bonds. The number of ether oxygens (including phenoxy) is 2. The Morgan fingerprint density at radius 1 is 1.54 bits per heavy atom. The molecule has 6 nitrogen and oxygen atoms in total. The SMILES string of the molecule is C[C@H](OC[C@H]1CCCCO1)C(=O)Nc1cc(C#N)cn1C(C)(C)C. The predicted molar refractivity (Wildman–Crippen MR) is 91.8 cm³/mol. The molecule has 132 valence electrons. The maximum Gasteiger partial charge on any atom is 0.254 e. The average molecular weight is 333 g/mol. The number of anilines is 1. The minimum Gasteiger partial charge on any atom is -0.376 e. The van der Waals surface area contributed by atoms with Crippen molar-refractivity contribution in [3.8, 4) is 6.07 Å². The van der Waals surface area contributed by atoms with E-state index in [4.69, 9.17) is 14.7 Å². The monoisotopic (exact) mass is 333 g/mol. The third kappa shape index (κ3) is 4.83. The summed E-state index contributed by atoms with van der Waals surface area (Å²) in [4.78, 5) is 12.4. The molecule has 0 spiro atoms. The van der Waals surface area contributed by atoms with Gasteiger partial charge in [0.2, 0.25) is 0 Å². The summed E-state index contributed by atoms with van der Waals surface area (Å²) in [6, 6.07) is 3.79. The average Bonchev–Trinajstić information content (AvgIpc) is 2.96. The Hall–Kier alpha value is -1.84. The second-order valence-electron chi connectivity index (χ2n) is 7.22. The van der Waals surface area contributed by atoms with Crippen LogP contribution in [0.5, 0.6) is 0 Å². The second-order valence-corrected chi connectivity index (χ2v) is 7.22. The number of carbonyl (C=O) groups excluding carboxylic acids is 1. The Labute approximate surface area is 143 Å². The molecule has 2 rings (SSSR count). The summed E-state index contributed by atoms with van der Waals surface area (Å²) < 4.78 is 13.2. The molecule has 2 heterocycles. The Morgan fingerprint density at radius 2 is 2.29 bits per heavy atom. The van der Waals surface area contributed by atoms with Gasteiger partial charge in [-0.2, -0.15) is 5.26 Å². The third-order valence-electron chi connectivity index (χ3n) is 4.10. The highest BCUT2D eigenvalue weighted by atomic mass is 16.5. The molecule has 1 saturated heterocycles. The molecule has 0 aromatic carbocycles. The van der Waals surface area contributed by atoms with Gasteiger partial charge in [0.05, 0.1) is 18.3 Å². The minimum atomic E-state index is -0.579. The number of carbonyl (C=O) groups is 1. The van der Waals surface area contributed by atoms with Crippen LogP contribution >= 0.6 is 0 Å². The first-order chi connectivity index (χ1) is 11.3. The lowest BCUT2D eigenvalue weighted by Gasteiger charge is -2.26. The first-order valence-electron chi connectivity index (χ1n) is 8.48. The van der Waals surface area contributed by atoms with Crippen LogP contribution in [0.15, 0.2) is 12.3 Å². The predicted octanol–water partition coefficient (Wildman–Crippen LogP) is 3.03. The Morgan fingerprint density at radius 3 is 2.88 bits per heavy atom. The molecule has 1 N–H and O–H groups in total. The fourth-order valence-corrected chi connectivity index (χ4v) is 2.67. The lowest BCUT2D eigenvalue weighted by molar-refractivity contribution is -0.130. The van der Waals surface area contributed by atoms with Crippen molar-refractivity contribution in [1.82, 2.24) is 4.57 Å². The molecular formula is C18H27N3O3. The van der Waals surface area contributed by atoms with Gasteiger partial charge in [-0.05, 0) is 53.0 Å². The fourth-order valence-electron chi connectivity index (χ4n) is 2.67. The van der Waals surface area contributed by atoms with Crippen LogP contribution in [0.1, 0.15) is 52.5 Å². The van der Waals surface area contributed by atoms with E-state index < -0.39 is 6.10 Å². The van der Waals surface area contributed by atoms with E-state index in [1.165, 1.54) is 0 Å². The summed E-state index contributed by atoms with van der Waals surface area (Å²) in [5, 5.41) is 12.0. The number of rotatable bonds is 5. The molecule has 6 heteroatoms. The van der Waals surface area contributed by atoms with Gasteiger partial charge in [0.1, 0.15) is 18.0 Å². The van der Waals surface area contributed by atoms with Gasteiger partial charge in [0.15, 0.2) is 0 Å². The standard InChI is InChI=1S/C18H27N3O3/c1-13(24-12-15-7-5-6-8-23-15)17(22)20-16-9-14(10-19)11-21(16)18(2,3)4/h9,11,13,15H,5-8,12H2,1-4H3,(H,20,22)/t13-,15+/m0/s1. The number of amides is 1. The summed E-state index contributed by atoms with van der Waals surface area (Å²) >= 11 is 0. The number of hydrogen-bond acceptors (Lipinski definition) is 4. The Bertz CT molecular complexity index is 604. The van der Waals surface area contributed by atoms with Gasteiger partial charge < -0.3 is 19.4 Å². The van der Waals surface area contributed by atoms with Gasteiger partial charge in [-0.25, -0.2) is 0 Å². The molecule has 0 radical (unpaired) electrons. The topological polar surface area (TPSA) is 76.3 Å². The first kappa shape index (κ1) is 18.5. The fraction of sp³-hybridized carbons (Fsp3) is 0.667. The highest BCUT2D eigenvalue weighted by Crippen LogP contribution is 2.24. The zero-order valence-electron chi connectivity index (χ0n) is 15.0. The van der Waals surface area contributed by atoms with E-state index in [9.17, 15) is 4.79 Å². The summed E-state index contributed by atoms with van der Waals surface area (Å²) in [5.74, 6) is 0.382. The van der Waals surface area contributed by atoms with Crippen molar-refractivity contribution >= 4 is 11.7 Å². The number of nitrogens with zero attached hydrogens (tertiary/aromatic N) is 2. The van der Waals surface area contributed by atoms with Crippen molar-refractivity contribution in [2.45, 2.75) is 64.7 Å². The van der Waals surface area contributed by atoms with Gasteiger partial charge in [0, 0.05) is 18.3 Å². The molecule has 1 fully saturated rings. The highest BCUT2D eigenvalue weighted by molar-refractivity contribution is 5.93.